The van der Waals surface area contributed by atoms with E-state index in [9.17, 15) is 14.4 Å². The lowest BCUT2D eigenvalue weighted by Gasteiger charge is -2.51. The van der Waals surface area contributed by atoms with Crippen molar-refractivity contribution in [3.63, 3.8) is 0 Å². The van der Waals surface area contributed by atoms with Crippen molar-refractivity contribution in [3.05, 3.63) is 24.3 Å². The molecule has 0 aromatic rings. The predicted octanol–water partition coefficient (Wildman–Crippen LogP) is 4.31. The van der Waals surface area contributed by atoms with Gasteiger partial charge in [-0.05, 0) is 69.3 Å². The van der Waals surface area contributed by atoms with Gasteiger partial charge >= 0.3 is 18.0 Å². The van der Waals surface area contributed by atoms with Crippen LogP contribution in [0.25, 0.3) is 0 Å². The first-order chi connectivity index (χ1) is 14.7. The fraction of sp³-hybridized carbons (Fsp3) is 0.720. The van der Waals surface area contributed by atoms with Crippen LogP contribution in [0.2, 0.25) is 0 Å². The Kier molecular flexibility index (Phi) is 6.51. The fourth-order valence-corrected chi connectivity index (χ4v) is 5.32. The van der Waals surface area contributed by atoms with Crippen LogP contribution in [0.1, 0.15) is 67.2 Å². The molecule has 6 atom stereocenters. The van der Waals surface area contributed by atoms with Gasteiger partial charge in [-0.25, -0.2) is 14.4 Å². The quantitative estimate of drug-likeness (QED) is 0.299. The lowest BCUT2D eigenvalue weighted by atomic mass is 9.55. The smallest absolute Gasteiger partial charge is 0.408 e. The molecular weight excluding hydrogens is 410 g/mol. The molecule has 3 rings (SSSR count). The van der Waals surface area contributed by atoms with E-state index in [1.165, 1.54) is 0 Å². The Morgan fingerprint density at radius 2 is 1.91 bits per heavy atom. The van der Waals surface area contributed by atoms with Gasteiger partial charge in [0, 0.05) is 11.5 Å². The van der Waals surface area contributed by atoms with E-state index in [1.807, 2.05) is 13.8 Å². The first-order valence-corrected chi connectivity index (χ1v) is 11.5. The predicted molar refractivity (Wildman–Crippen MR) is 120 cm³/mol. The van der Waals surface area contributed by atoms with Gasteiger partial charge in [-0.3, -0.25) is 0 Å². The third-order valence-electron chi connectivity index (χ3n) is 7.11. The monoisotopic (exact) mass is 447 g/mol. The molecule has 0 aromatic carbocycles. The summed E-state index contributed by atoms with van der Waals surface area (Å²) in [5.41, 5.74) is 0.687. The van der Waals surface area contributed by atoms with Gasteiger partial charge in [0.1, 0.15) is 23.9 Å². The summed E-state index contributed by atoms with van der Waals surface area (Å²) in [6.45, 7) is 19.4. The average Bonchev–Trinajstić information content (AvgIpc) is 2.92. The summed E-state index contributed by atoms with van der Waals surface area (Å²) in [6.07, 6.45) is 1.79. The van der Waals surface area contributed by atoms with E-state index in [2.05, 4.69) is 25.4 Å². The molecule has 1 heterocycles. The van der Waals surface area contributed by atoms with Crippen molar-refractivity contribution in [2.45, 2.75) is 91.1 Å². The number of rotatable bonds is 4. The molecule has 1 amide bonds. The zero-order valence-corrected chi connectivity index (χ0v) is 20.2. The highest BCUT2D eigenvalue weighted by atomic mass is 16.6. The van der Waals surface area contributed by atoms with Crippen molar-refractivity contribution in [1.29, 1.82) is 0 Å². The zero-order chi connectivity index (χ0) is 24.0. The zero-order valence-electron chi connectivity index (χ0n) is 20.2. The van der Waals surface area contributed by atoms with Gasteiger partial charge in [-0.15, -0.1) is 0 Å². The number of carbonyl (C=O) groups excluding carboxylic acids is 3. The molecule has 1 N–H and O–H groups in total. The lowest BCUT2D eigenvalue weighted by molar-refractivity contribution is -0.155. The maximum atomic E-state index is 13.0. The molecular formula is C25H37NO6. The molecule has 0 unspecified atom stereocenters. The van der Waals surface area contributed by atoms with Crippen molar-refractivity contribution in [1.82, 2.24) is 5.32 Å². The molecule has 32 heavy (non-hydrogen) atoms. The third-order valence-corrected chi connectivity index (χ3v) is 7.11. The van der Waals surface area contributed by atoms with Gasteiger partial charge in [-0.1, -0.05) is 33.9 Å². The Hall–Kier alpha value is -2.31. The van der Waals surface area contributed by atoms with Gasteiger partial charge in [0.05, 0.1) is 0 Å². The molecule has 7 nitrogen and oxygen atoms in total. The summed E-state index contributed by atoms with van der Waals surface area (Å²) in [6, 6.07) is -0.817. The molecule has 2 aliphatic carbocycles. The highest BCUT2D eigenvalue weighted by molar-refractivity contribution is 5.90. The van der Waals surface area contributed by atoms with E-state index < -0.39 is 29.8 Å². The molecule has 2 saturated carbocycles. The molecule has 0 bridgehead atoms. The number of hydrogen-bond acceptors (Lipinski definition) is 6. The molecule has 3 aliphatic rings. The van der Waals surface area contributed by atoms with Gasteiger partial charge in [-0.2, -0.15) is 0 Å². The van der Waals surface area contributed by atoms with Crippen LogP contribution in [-0.4, -0.2) is 41.9 Å². The summed E-state index contributed by atoms with van der Waals surface area (Å²) in [5.74, 6) is -0.860. The molecule has 178 valence electrons. The largest absolute Gasteiger partial charge is 0.458 e. The van der Waals surface area contributed by atoms with E-state index in [-0.39, 0.29) is 35.2 Å². The fourth-order valence-electron chi connectivity index (χ4n) is 5.32. The second-order valence-corrected chi connectivity index (χ2v) is 11.1. The highest BCUT2D eigenvalue weighted by Crippen LogP contribution is 2.57. The van der Waals surface area contributed by atoms with Crippen LogP contribution in [0, 0.1) is 23.2 Å². The summed E-state index contributed by atoms with van der Waals surface area (Å²) in [7, 11) is 0. The lowest BCUT2D eigenvalue weighted by Crippen LogP contribution is -2.50. The molecule has 3 fully saturated rings. The Balaban J connectivity index is 1.68. The van der Waals surface area contributed by atoms with Gasteiger partial charge in [0.25, 0.3) is 0 Å². The number of nitrogens with one attached hydrogen (secondary N) is 1. The van der Waals surface area contributed by atoms with Crippen LogP contribution in [-0.2, 0) is 23.8 Å². The standard InChI is InChI=1S/C25H37NO6/c1-13(2)20(26-23(29)32-24(5,6)7)22(28)30-18-9-10-25(8)12-19-16(11-17(25)15(18)4)14(3)21(27)31-19/h13,16-20H,3-4,9-12H2,1-2,5-8H3,(H,26,29)/t16-,17+,18-,19-,20+,25-/m1/s1. The Morgan fingerprint density at radius 3 is 2.50 bits per heavy atom. The Morgan fingerprint density at radius 1 is 1.25 bits per heavy atom. The number of amides is 1. The number of alkyl carbamates (subject to hydrolysis) is 1. The van der Waals surface area contributed by atoms with Crippen molar-refractivity contribution in [3.8, 4) is 0 Å². The van der Waals surface area contributed by atoms with Gasteiger partial charge in [0.2, 0.25) is 0 Å². The van der Waals surface area contributed by atoms with Gasteiger partial charge in [0.15, 0.2) is 0 Å². The van der Waals surface area contributed by atoms with Crippen molar-refractivity contribution in [2.24, 2.45) is 23.2 Å². The van der Waals surface area contributed by atoms with Crippen LogP contribution < -0.4 is 5.32 Å². The average molecular weight is 448 g/mol. The summed E-state index contributed by atoms with van der Waals surface area (Å²) >= 11 is 0. The normalized spacial score (nSPS) is 33.2. The van der Waals surface area contributed by atoms with Gasteiger partial charge < -0.3 is 19.5 Å². The van der Waals surface area contributed by atoms with E-state index in [0.29, 0.717) is 12.0 Å². The molecule has 7 heteroatoms. The number of carbonyl (C=O) groups is 3. The summed E-state index contributed by atoms with van der Waals surface area (Å²) in [4.78, 5) is 37.2. The second kappa shape index (κ2) is 8.56. The Bertz CT molecular complexity index is 825. The number of fused-ring (bicyclic) bond motifs is 2. The SMILES string of the molecule is C=C1C(=O)O[C@@H]2C[C@@]3(C)CC[C@@H](OC(=O)[C@@H](NC(=O)OC(C)(C)C)C(C)C)C(=C)[C@@H]3C[C@H]12. The number of hydrogen-bond donors (Lipinski definition) is 1. The first-order valence-electron chi connectivity index (χ1n) is 11.5. The summed E-state index contributed by atoms with van der Waals surface area (Å²) < 4.78 is 16.7. The van der Waals surface area contributed by atoms with E-state index in [0.717, 1.165) is 24.8 Å². The van der Waals surface area contributed by atoms with Crippen LogP contribution in [0.15, 0.2) is 24.3 Å². The van der Waals surface area contributed by atoms with E-state index in [1.54, 1.807) is 20.8 Å². The Labute approximate surface area is 190 Å². The minimum absolute atomic E-state index is 0.0102. The maximum Gasteiger partial charge on any atom is 0.408 e. The highest BCUT2D eigenvalue weighted by Gasteiger charge is 2.54. The number of ether oxygens (including phenoxy) is 3. The molecule has 0 spiro atoms. The van der Waals surface area contributed by atoms with Crippen molar-refractivity contribution < 1.29 is 28.6 Å². The van der Waals surface area contributed by atoms with E-state index >= 15 is 0 Å². The topological polar surface area (TPSA) is 90.9 Å². The molecule has 1 aliphatic heterocycles. The van der Waals surface area contributed by atoms with E-state index in [4.69, 9.17) is 14.2 Å². The summed E-state index contributed by atoms with van der Waals surface area (Å²) in [5, 5.41) is 2.65. The van der Waals surface area contributed by atoms with Crippen LogP contribution in [0.3, 0.4) is 0 Å². The minimum atomic E-state index is -0.817. The third kappa shape index (κ3) is 4.86. The minimum Gasteiger partial charge on any atom is -0.458 e. The van der Waals surface area contributed by atoms with Crippen LogP contribution in [0.5, 0.6) is 0 Å². The first kappa shape index (κ1) is 24.3. The molecule has 0 radical (unpaired) electrons. The maximum absolute atomic E-state index is 13.0. The molecule has 1 saturated heterocycles. The van der Waals surface area contributed by atoms with Crippen molar-refractivity contribution in [2.75, 3.05) is 0 Å². The van der Waals surface area contributed by atoms with Crippen LogP contribution in [0.4, 0.5) is 4.79 Å². The van der Waals surface area contributed by atoms with Crippen LogP contribution >= 0.6 is 0 Å². The number of esters is 2. The second-order valence-electron chi connectivity index (χ2n) is 11.1. The van der Waals surface area contributed by atoms with Crippen molar-refractivity contribution >= 4 is 18.0 Å². The molecule has 0 aromatic heterocycles.